The number of amides is 10. The maximum absolute atomic E-state index is 15.1. The minimum absolute atomic E-state index is 0.0443. The summed E-state index contributed by atoms with van der Waals surface area (Å²) in [6.07, 6.45) is -6.93. The van der Waals surface area contributed by atoms with Crippen molar-refractivity contribution >= 4 is 115 Å². The molecule has 12 atom stereocenters. The molecular weight excluding hydrogens is 1420 g/mol. The predicted molar refractivity (Wildman–Crippen MR) is 369 cm³/mol. The van der Waals surface area contributed by atoms with Gasteiger partial charge in [-0.25, -0.2) is 9.59 Å². The van der Waals surface area contributed by atoms with Crippen LogP contribution in [0.1, 0.15) is 88.8 Å². The van der Waals surface area contributed by atoms with Crippen LogP contribution in [0.15, 0.2) is 85.1 Å². The first-order valence-electron chi connectivity index (χ1n) is 32.8. The molecule has 0 aliphatic carbocycles. The van der Waals surface area contributed by atoms with Gasteiger partial charge in [0.2, 0.25) is 59.1 Å². The number of aliphatic hydroxyl groups excluding tert-OH is 1. The highest BCUT2D eigenvalue weighted by Crippen LogP contribution is 2.26. The van der Waals surface area contributed by atoms with Gasteiger partial charge < -0.3 is 99.8 Å². The lowest BCUT2D eigenvalue weighted by atomic mass is 10.0. The number of nitrogens with two attached hydrogens (primary N) is 2. The highest BCUT2D eigenvalue weighted by Gasteiger charge is 2.43. The Kier molecular flexibility index (Phi) is 33.1. The summed E-state index contributed by atoms with van der Waals surface area (Å²) >= 11 is 0. The van der Waals surface area contributed by atoms with Gasteiger partial charge in [0.15, 0.2) is 0 Å². The van der Waals surface area contributed by atoms with Gasteiger partial charge in [-0.15, -0.1) is 0 Å². The van der Waals surface area contributed by atoms with Crippen molar-refractivity contribution in [3.05, 3.63) is 102 Å². The van der Waals surface area contributed by atoms with Gasteiger partial charge in [-0.2, -0.15) is 13.2 Å². The number of carbonyl (C=O) groups is 14. The third-order valence-corrected chi connectivity index (χ3v) is 18.9. The molecule has 0 bridgehead atoms. The summed E-state index contributed by atoms with van der Waals surface area (Å²) in [4.78, 5) is 194. The largest absolute Gasteiger partial charge is 0.508 e. The number of hydrogen-bond donors (Lipinski definition) is 18. The molecule has 3 heterocycles. The van der Waals surface area contributed by atoms with Gasteiger partial charge >= 0.3 is 30.1 Å². The Morgan fingerprint density at radius 2 is 1.21 bits per heavy atom. The van der Waals surface area contributed by atoms with Crippen molar-refractivity contribution in [2.24, 2.45) is 17.4 Å². The molecule has 568 valence electrons. The SMILES string of the molecule is CC(C)[C@H](NC(=O)[C@@H]1CSSC[C@H](NC(=O)[C@H](CC(=O)O)NC(=O)[C@@H]2CCCN2C(=O)[C@@H](NC(=O)[C@@H](N)CCC(=O)O)[C@@H](C)O)C(=O)N[C@@H](Cc2ccccc2)C(=O)N[C@@H](Cc2c[nH]c3ccccc23)C(=O)N[C@@H](CCCCN)C(=O)NC(Cc2ccc(O)cc2)C(=O)N1)C(=O)O.O=C(O)C(F)(F)F. The summed E-state index contributed by atoms with van der Waals surface area (Å²) in [5, 5.41) is 81.2. The zero-order valence-corrected chi connectivity index (χ0v) is 58.3. The van der Waals surface area contributed by atoms with E-state index in [1.807, 2.05) is 0 Å². The molecule has 2 saturated heterocycles. The highest BCUT2D eigenvalue weighted by atomic mass is 33.1. The normalized spacial score (nSPS) is 20.9. The number of aromatic nitrogens is 1. The summed E-state index contributed by atoms with van der Waals surface area (Å²) in [6, 6.07) is 3.64. The van der Waals surface area contributed by atoms with Crippen molar-refractivity contribution in [2.75, 3.05) is 24.6 Å². The number of phenolic OH excluding ortho intramolecular Hbond substituents is 1. The lowest BCUT2D eigenvalue weighted by Crippen LogP contribution is -2.62. The molecule has 0 spiro atoms. The number of aliphatic carboxylic acids is 4. The molecule has 10 amide bonds. The third kappa shape index (κ3) is 26.6. The molecule has 3 aromatic carbocycles. The topological polar surface area (TPSA) is 540 Å². The van der Waals surface area contributed by atoms with Crippen molar-refractivity contribution in [1.29, 1.82) is 0 Å². The maximum Gasteiger partial charge on any atom is 0.490 e. The number of carbonyl (C=O) groups excluding carboxylic acids is 10. The summed E-state index contributed by atoms with van der Waals surface area (Å²) in [5.74, 6) is -18.7. The second-order valence-corrected chi connectivity index (χ2v) is 27.4. The number of alkyl halides is 3. The van der Waals surface area contributed by atoms with Crippen molar-refractivity contribution in [1.82, 2.24) is 57.7 Å². The number of rotatable bonds is 27. The second kappa shape index (κ2) is 40.7. The molecule has 2 aliphatic heterocycles. The lowest BCUT2D eigenvalue weighted by molar-refractivity contribution is -0.192. The van der Waals surface area contributed by atoms with Crippen LogP contribution in [0.4, 0.5) is 13.2 Å². The number of phenols is 1. The Hall–Kier alpha value is -10.1. The minimum atomic E-state index is -5.08. The number of hydrogen-bond acceptors (Lipinski definition) is 20. The molecule has 104 heavy (non-hydrogen) atoms. The number of likely N-dealkylation sites (tertiary alicyclic amines) is 1. The number of H-pyrrole nitrogens is 1. The average Bonchev–Trinajstić information content (AvgIpc) is 1.63. The van der Waals surface area contributed by atoms with Crippen molar-refractivity contribution < 1.29 is 111 Å². The monoisotopic (exact) mass is 1500 g/mol. The predicted octanol–water partition coefficient (Wildman–Crippen LogP) is -0.799. The number of aromatic hydroxyl groups is 1. The van der Waals surface area contributed by atoms with Gasteiger partial charge in [-0.3, -0.25) is 57.5 Å². The minimum Gasteiger partial charge on any atom is -0.508 e. The van der Waals surface area contributed by atoms with Crippen LogP contribution >= 0.6 is 21.6 Å². The van der Waals surface area contributed by atoms with E-state index in [2.05, 4.69) is 52.8 Å². The molecule has 33 nitrogen and oxygen atoms in total. The average molecular weight is 1500 g/mol. The van der Waals surface area contributed by atoms with E-state index in [4.69, 9.17) is 26.5 Å². The first-order valence-corrected chi connectivity index (χ1v) is 35.3. The Balaban J connectivity index is 0.00000263. The quantitative estimate of drug-likeness (QED) is 0.0257. The fraction of sp³-hybridized carbons (Fsp3) is 0.485. The van der Waals surface area contributed by atoms with Crippen molar-refractivity contribution in [3.8, 4) is 5.75 Å². The van der Waals surface area contributed by atoms with Crippen LogP contribution in [0, 0.1) is 5.92 Å². The second-order valence-electron chi connectivity index (χ2n) is 24.8. The van der Waals surface area contributed by atoms with E-state index < -0.39 is 192 Å². The van der Waals surface area contributed by atoms with E-state index in [1.165, 1.54) is 45.0 Å². The molecule has 2 aliphatic rings. The van der Waals surface area contributed by atoms with E-state index in [1.54, 1.807) is 60.8 Å². The number of carboxylic acids is 4. The number of aromatic amines is 1. The third-order valence-electron chi connectivity index (χ3n) is 16.4. The molecule has 1 aromatic heterocycles. The van der Waals surface area contributed by atoms with E-state index in [-0.39, 0.29) is 70.2 Å². The van der Waals surface area contributed by atoms with E-state index in [9.17, 15) is 81.5 Å². The van der Waals surface area contributed by atoms with Gasteiger partial charge in [0, 0.05) is 60.8 Å². The van der Waals surface area contributed by atoms with E-state index >= 15 is 14.4 Å². The molecule has 4 aromatic rings. The van der Waals surface area contributed by atoms with Gasteiger partial charge in [0.1, 0.15) is 66.2 Å². The van der Waals surface area contributed by atoms with Crippen molar-refractivity contribution in [3.63, 3.8) is 0 Å². The highest BCUT2D eigenvalue weighted by molar-refractivity contribution is 8.76. The van der Waals surface area contributed by atoms with Crippen molar-refractivity contribution in [2.45, 2.75) is 170 Å². The number of fused-ring (bicyclic) bond motifs is 1. The Morgan fingerprint density at radius 1 is 0.654 bits per heavy atom. The summed E-state index contributed by atoms with van der Waals surface area (Å²) in [5.41, 5.74) is 13.9. The zero-order valence-electron chi connectivity index (χ0n) is 56.6. The van der Waals surface area contributed by atoms with Crippen LogP contribution in [-0.2, 0) is 86.4 Å². The van der Waals surface area contributed by atoms with Crippen LogP contribution in [0.5, 0.6) is 5.75 Å². The molecule has 6 rings (SSSR count). The molecule has 20 N–H and O–H groups in total. The number of nitrogens with one attached hydrogen (secondary N) is 10. The zero-order chi connectivity index (χ0) is 77.1. The Labute approximate surface area is 601 Å². The summed E-state index contributed by atoms with van der Waals surface area (Å²) in [6.45, 7) is 4.32. The number of carboxylic acid groups (broad SMARTS) is 4. The van der Waals surface area contributed by atoms with Crippen LogP contribution in [0.2, 0.25) is 0 Å². The number of benzene rings is 3. The fourth-order valence-electron chi connectivity index (χ4n) is 10.8. The summed E-state index contributed by atoms with van der Waals surface area (Å²) < 4.78 is 31.7. The lowest BCUT2D eigenvalue weighted by Gasteiger charge is -2.31. The van der Waals surface area contributed by atoms with Gasteiger partial charge in [0.25, 0.3) is 0 Å². The summed E-state index contributed by atoms with van der Waals surface area (Å²) in [7, 11) is 1.65. The standard InChI is InChI=1S/C64H85N13O18S2.C2HF3O2/c1-33(2)52(64(94)95)75-61(91)48-32-97-96-31-47(73-59(89)46(29-51(82)83)72-62(92)49-17-11-25-77(49)63(93)53(34(3)78)76-54(84)40(66)22-23-50(80)81)60(90)70-43(26-35-12-5-4-6-13-35)56(86)71-45(28-37-30-67-41-15-8-7-14-39(37)41)58(88)68-42(16-9-10-24-65)55(85)69-44(57(87)74-48)27-36-18-20-38(79)21-19-36;3-2(4,5)1(6)7/h4-8,12-15,18-21,30,33-34,40,42-49,52-53,67,78-79H,9-11,16-17,22-29,31-32,65-66H2,1-3H3,(H,68,88)(H,69,85)(H,70,90)(H,71,86)(H,72,92)(H,73,89)(H,74,87)(H,75,91)(H,76,84)(H,80,81)(H,82,83)(H,94,95);(H,6,7)/t34-,40+,42+,43+,44?,45+,46+,47+,48+,49+,52+,53+;/m1./s1. The smallest absolute Gasteiger partial charge is 0.490 e. The Bertz CT molecular complexity index is 3690. The van der Waals surface area contributed by atoms with Crippen LogP contribution < -0.4 is 59.3 Å². The maximum atomic E-state index is 15.1. The van der Waals surface area contributed by atoms with Gasteiger partial charge in [0.05, 0.1) is 18.6 Å². The number of halogens is 3. The van der Waals surface area contributed by atoms with E-state index in [0.717, 1.165) is 26.5 Å². The molecular formula is C66H86F3N13O20S2. The van der Waals surface area contributed by atoms with Crippen LogP contribution in [0.3, 0.4) is 0 Å². The fourth-order valence-corrected chi connectivity index (χ4v) is 13.1. The van der Waals surface area contributed by atoms with Crippen LogP contribution in [-0.4, -0.2) is 227 Å². The first-order chi connectivity index (χ1) is 49.1. The van der Waals surface area contributed by atoms with Gasteiger partial charge in [-0.1, -0.05) is 96.1 Å². The van der Waals surface area contributed by atoms with E-state index in [0.29, 0.717) is 34.0 Å². The molecule has 2 fully saturated rings. The molecule has 38 heteroatoms. The molecule has 0 radical (unpaired) electrons. The Morgan fingerprint density at radius 3 is 1.79 bits per heavy atom. The molecule has 1 unspecified atom stereocenters. The number of para-hydroxylation sites is 1. The number of unbranched alkanes of at least 4 members (excludes halogenated alkanes) is 1. The number of aliphatic hydroxyl groups is 1. The number of nitrogens with zero attached hydrogens (tertiary/aromatic N) is 1. The first kappa shape index (κ1) is 84.6. The molecule has 0 saturated carbocycles. The van der Waals surface area contributed by atoms with Crippen LogP contribution in [0.25, 0.3) is 10.9 Å². The van der Waals surface area contributed by atoms with Gasteiger partial charge in [-0.05, 0) is 92.8 Å².